The first-order valence-electron chi connectivity index (χ1n) is 12.2. The van der Waals surface area contributed by atoms with Gasteiger partial charge in [0.25, 0.3) is 5.56 Å². The summed E-state index contributed by atoms with van der Waals surface area (Å²) in [5.74, 6) is -0.550. The number of benzene rings is 1. The standard InChI is InChI=1S/C23H29N6O9P/c1-12(2)36-21(32)13(3)28-39(33,38-14-7-5-4-6-8-14)35-10-23-9-34-16(17(23)30)20(37-23)29-11-25-15-18(29)26-22(24)27-19(15)31/h4-8,11-13,16-17,20,30H,9-10H2,1-3H3,(H,28,33)(H3,24,26,27,31)/t13?,16-,17+,20-,23-,39?/m1/s1. The first-order chi connectivity index (χ1) is 18.5. The summed E-state index contributed by atoms with van der Waals surface area (Å²) in [6.45, 7) is 4.32. The summed E-state index contributed by atoms with van der Waals surface area (Å²) < 4.78 is 43.9. The highest BCUT2D eigenvalue weighted by molar-refractivity contribution is 7.52. The molecule has 15 nitrogen and oxygen atoms in total. The summed E-state index contributed by atoms with van der Waals surface area (Å²) in [5.41, 5.74) is 3.87. The van der Waals surface area contributed by atoms with Crippen molar-refractivity contribution in [1.82, 2.24) is 24.6 Å². The normalized spacial score (nSPS) is 26.5. The molecule has 2 fully saturated rings. The Balaban J connectivity index is 1.38. The van der Waals surface area contributed by atoms with Crippen molar-refractivity contribution in [2.45, 2.75) is 57.0 Å². The summed E-state index contributed by atoms with van der Waals surface area (Å²) in [4.78, 5) is 35.2. The molecular formula is C23H29N6O9P. The van der Waals surface area contributed by atoms with Crippen LogP contribution in [0.25, 0.3) is 11.2 Å². The molecule has 2 bridgehead atoms. The van der Waals surface area contributed by atoms with Gasteiger partial charge in [-0.1, -0.05) is 18.2 Å². The zero-order valence-corrected chi connectivity index (χ0v) is 22.2. The number of para-hydroxylation sites is 1. The fraction of sp³-hybridized carbons (Fsp3) is 0.478. The molecule has 0 radical (unpaired) electrons. The number of hydrogen-bond donors (Lipinski definition) is 4. The monoisotopic (exact) mass is 564 g/mol. The van der Waals surface area contributed by atoms with Crippen LogP contribution in [0.3, 0.4) is 0 Å². The maximum Gasteiger partial charge on any atom is 0.459 e. The lowest BCUT2D eigenvalue weighted by Crippen LogP contribution is -2.46. The molecule has 0 saturated carbocycles. The van der Waals surface area contributed by atoms with Gasteiger partial charge in [-0.05, 0) is 32.9 Å². The summed E-state index contributed by atoms with van der Waals surface area (Å²) in [6, 6.07) is 7.20. The molecule has 5 N–H and O–H groups in total. The van der Waals surface area contributed by atoms with Gasteiger partial charge in [0.1, 0.15) is 29.6 Å². The Morgan fingerprint density at radius 1 is 1.36 bits per heavy atom. The maximum absolute atomic E-state index is 13.9. The number of anilines is 1. The number of fused-ring (bicyclic) bond motifs is 3. The molecule has 6 atom stereocenters. The number of hydrogen-bond acceptors (Lipinski definition) is 12. The van der Waals surface area contributed by atoms with E-state index in [0.29, 0.717) is 0 Å². The Kier molecular flexibility index (Phi) is 7.22. The predicted octanol–water partition coefficient (Wildman–Crippen LogP) is 0.863. The molecule has 5 rings (SSSR count). The predicted molar refractivity (Wildman–Crippen MR) is 136 cm³/mol. The van der Waals surface area contributed by atoms with Crippen LogP contribution in [0.5, 0.6) is 5.75 Å². The van der Waals surface area contributed by atoms with E-state index in [-0.39, 0.29) is 35.6 Å². The molecule has 3 aromatic rings. The van der Waals surface area contributed by atoms with Crippen molar-refractivity contribution in [3.8, 4) is 5.75 Å². The molecule has 210 valence electrons. The number of nitrogens with two attached hydrogens (primary N) is 1. The smallest absolute Gasteiger partial charge is 0.459 e. The molecule has 2 aliphatic rings. The van der Waals surface area contributed by atoms with Gasteiger partial charge in [0.05, 0.1) is 25.6 Å². The van der Waals surface area contributed by atoms with Crippen molar-refractivity contribution in [2.24, 2.45) is 0 Å². The molecule has 2 aliphatic heterocycles. The quantitative estimate of drug-likeness (QED) is 0.200. The second-order valence-corrected chi connectivity index (χ2v) is 11.3. The number of nitrogens with one attached hydrogen (secondary N) is 2. The molecule has 2 unspecified atom stereocenters. The van der Waals surface area contributed by atoms with Gasteiger partial charge in [0.15, 0.2) is 17.4 Å². The largest absolute Gasteiger partial charge is 0.462 e. The van der Waals surface area contributed by atoms with Crippen LogP contribution in [0, 0.1) is 0 Å². The van der Waals surface area contributed by atoms with Crippen molar-refractivity contribution in [2.75, 3.05) is 18.9 Å². The Labute approximate surface area is 222 Å². The lowest BCUT2D eigenvalue weighted by atomic mass is 10.0. The van der Waals surface area contributed by atoms with Crippen molar-refractivity contribution in [3.63, 3.8) is 0 Å². The van der Waals surface area contributed by atoms with Crippen LogP contribution >= 0.6 is 7.75 Å². The fourth-order valence-electron chi connectivity index (χ4n) is 4.40. The van der Waals surface area contributed by atoms with Gasteiger partial charge in [-0.25, -0.2) is 9.55 Å². The van der Waals surface area contributed by atoms with Crippen molar-refractivity contribution in [3.05, 3.63) is 47.0 Å². The highest BCUT2D eigenvalue weighted by Gasteiger charge is 2.63. The van der Waals surface area contributed by atoms with Crippen LogP contribution in [0.2, 0.25) is 0 Å². The molecule has 39 heavy (non-hydrogen) atoms. The van der Waals surface area contributed by atoms with Crippen LogP contribution in [0.4, 0.5) is 5.95 Å². The van der Waals surface area contributed by atoms with E-state index in [0.717, 1.165) is 0 Å². The van der Waals surface area contributed by atoms with E-state index in [1.54, 1.807) is 44.2 Å². The minimum atomic E-state index is -4.23. The Bertz CT molecular complexity index is 1460. The number of rotatable bonds is 10. The zero-order valence-electron chi connectivity index (χ0n) is 21.3. The van der Waals surface area contributed by atoms with Gasteiger partial charge in [0.2, 0.25) is 5.95 Å². The third kappa shape index (κ3) is 5.29. The number of nitrogen functional groups attached to an aromatic ring is 1. The minimum Gasteiger partial charge on any atom is -0.462 e. The zero-order chi connectivity index (χ0) is 27.9. The van der Waals surface area contributed by atoms with Gasteiger partial charge in [-0.15, -0.1) is 0 Å². The molecule has 2 aromatic heterocycles. The number of carbonyl (C=O) groups excluding carboxylic acids is 1. The number of esters is 1. The number of aliphatic hydroxyl groups excluding tert-OH is 1. The highest BCUT2D eigenvalue weighted by atomic mass is 31.2. The average molecular weight is 564 g/mol. The second-order valence-electron chi connectivity index (χ2n) is 9.58. The molecule has 0 spiro atoms. The van der Waals surface area contributed by atoms with Gasteiger partial charge < -0.3 is 29.6 Å². The number of imidazole rings is 1. The Morgan fingerprint density at radius 2 is 2.10 bits per heavy atom. The van der Waals surface area contributed by atoms with Crippen LogP contribution in [-0.4, -0.2) is 73.8 Å². The molecule has 0 amide bonds. The van der Waals surface area contributed by atoms with Crippen LogP contribution in [0.15, 0.2) is 41.5 Å². The second kappa shape index (κ2) is 10.3. The van der Waals surface area contributed by atoms with Crippen molar-refractivity contribution >= 4 is 30.8 Å². The van der Waals surface area contributed by atoms with E-state index in [1.807, 2.05) is 0 Å². The van der Waals surface area contributed by atoms with Crippen molar-refractivity contribution in [1.29, 1.82) is 0 Å². The van der Waals surface area contributed by atoms with Crippen molar-refractivity contribution < 1.29 is 37.7 Å². The van der Waals surface area contributed by atoms with Gasteiger partial charge in [-0.2, -0.15) is 10.1 Å². The van der Waals surface area contributed by atoms with Gasteiger partial charge >= 0.3 is 13.7 Å². The maximum atomic E-state index is 13.9. The lowest BCUT2D eigenvalue weighted by Gasteiger charge is -2.32. The molecular weight excluding hydrogens is 535 g/mol. The number of H-pyrrole nitrogens is 1. The van der Waals surface area contributed by atoms with Crippen LogP contribution in [0.1, 0.15) is 27.0 Å². The van der Waals surface area contributed by atoms with E-state index in [4.69, 9.17) is 29.0 Å². The van der Waals surface area contributed by atoms with Crippen LogP contribution < -0.4 is 20.9 Å². The summed E-state index contributed by atoms with van der Waals surface area (Å²) in [6.07, 6.45) is -2.10. The van der Waals surface area contributed by atoms with Gasteiger partial charge in [-0.3, -0.25) is 23.7 Å². The van der Waals surface area contributed by atoms with E-state index < -0.39 is 56.0 Å². The van der Waals surface area contributed by atoms with Crippen LogP contribution in [-0.2, 0) is 28.1 Å². The average Bonchev–Trinajstić information content (AvgIpc) is 3.52. The Hall–Kier alpha value is -3.33. The third-order valence-electron chi connectivity index (χ3n) is 6.24. The molecule has 4 heterocycles. The molecule has 1 aromatic carbocycles. The summed E-state index contributed by atoms with van der Waals surface area (Å²) >= 11 is 0. The molecule has 2 saturated heterocycles. The SMILES string of the molecule is CC(C)OC(=O)C(C)NP(=O)(OC[C@@]12CO[C@@H]([C@H](n3cnc4c(=O)[nH]c(N)nc43)O1)[C@@H]2O)Oc1ccccc1. The number of aromatic amines is 1. The fourth-order valence-corrected chi connectivity index (χ4v) is 5.94. The number of nitrogens with zero attached hydrogens (tertiary/aromatic N) is 3. The topological polar surface area (TPSA) is 202 Å². The Morgan fingerprint density at radius 3 is 2.82 bits per heavy atom. The third-order valence-corrected chi connectivity index (χ3v) is 7.86. The summed E-state index contributed by atoms with van der Waals surface area (Å²) in [7, 11) is -4.23. The minimum absolute atomic E-state index is 0.0302. The first kappa shape index (κ1) is 27.2. The highest BCUT2D eigenvalue weighted by Crippen LogP contribution is 2.50. The van der Waals surface area contributed by atoms with E-state index in [9.17, 15) is 19.3 Å². The molecule has 0 aliphatic carbocycles. The number of aliphatic hydroxyl groups is 1. The molecule has 16 heteroatoms. The summed E-state index contributed by atoms with van der Waals surface area (Å²) in [5, 5.41) is 13.7. The lowest BCUT2D eigenvalue weighted by molar-refractivity contribution is -0.183. The van der Waals surface area contributed by atoms with E-state index in [1.165, 1.54) is 17.8 Å². The number of ether oxygens (including phenoxy) is 3. The number of aromatic nitrogens is 4. The van der Waals surface area contributed by atoms with E-state index in [2.05, 4.69) is 20.0 Å². The van der Waals surface area contributed by atoms with E-state index >= 15 is 0 Å². The number of carbonyl (C=O) groups is 1. The van der Waals surface area contributed by atoms with Gasteiger partial charge in [0, 0.05) is 0 Å². The first-order valence-corrected chi connectivity index (χ1v) is 13.7.